The van der Waals surface area contributed by atoms with E-state index in [4.69, 9.17) is 10.5 Å². The van der Waals surface area contributed by atoms with Gasteiger partial charge in [0.25, 0.3) is 5.56 Å². The number of rotatable bonds is 7. The van der Waals surface area contributed by atoms with Crippen molar-refractivity contribution in [2.75, 3.05) is 23.4 Å². The Balaban J connectivity index is 1.70. The molecule has 0 atom stereocenters. The number of hydrogen-bond donors (Lipinski definition) is 2. The van der Waals surface area contributed by atoms with Crippen LogP contribution in [0.2, 0.25) is 0 Å². The zero-order valence-electron chi connectivity index (χ0n) is 17.3. The van der Waals surface area contributed by atoms with Crippen molar-refractivity contribution in [1.82, 2.24) is 19.3 Å². The molecule has 0 saturated carbocycles. The summed E-state index contributed by atoms with van der Waals surface area (Å²) in [6, 6.07) is 9.14. The van der Waals surface area contributed by atoms with Gasteiger partial charge in [-0.05, 0) is 26.0 Å². The van der Waals surface area contributed by atoms with Gasteiger partial charge in [-0.1, -0.05) is 30.0 Å². The maximum Gasteiger partial charge on any atom is 0.343 e. The molecule has 11 heteroatoms. The van der Waals surface area contributed by atoms with E-state index in [1.54, 1.807) is 25.6 Å². The number of anilines is 2. The van der Waals surface area contributed by atoms with Gasteiger partial charge in [-0.15, -0.1) is 0 Å². The highest BCUT2D eigenvalue weighted by Crippen LogP contribution is 2.18. The zero-order chi connectivity index (χ0) is 22.5. The fraction of sp³-hybridized carbons (Fsp3) is 0.250. The molecule has 0 aliphatic rings. The zero-order valence-corrected chi connectivity index (χ0v) is 18.1. The van der Waals surface area contributed by atoms with Crippen molar-refractivity contribution in [3.8, 4) is 5.69 Å². The van der Waals surface area contributed by atoms with Crippen LogP contribution in [0.5, 0.6) is 0 Å². The number of hydrogen-bond acceptors (Lipinski definition) is 8. The highest BCUT2D eigenvalue weighted by molar-refractivity contribution is 7.99. The van der Waals surface area contributed by atoms with Crippen molar-refractivity contribution in [2.45, 2.75) is 19.0 Å². The number of amides is 1. The van der Waals surface area contributed by atoms with E-state index in [1.165, 1.54) is 10.9 Å². The summed E-state index contributed by atoms with van der Waals surface area (Å²) in [6.45, 7) is 3.64. The van der Waals surface area contributed by atoms with Gasteiger partial charge in [-0.3, -0.25) is 14.3 Å². The minimum Gasteiger partial charge on any atom is -0.462 e. The average molecular weight is 443 g/mol. The molecule has 0 unspecified atom stereocenters. The number of nitrogens with zero attached hydrogens (tertiary/aromatic N) is 4. The molecule has 0 bridgehead atoms. The van der Waals surface area contributed by atoms with Gasteiger partial charge in [0.05, 0.1) is 23.7 Å². The van der Waals surface area contributed by atoms with Gasteiger partial charge in [0.1, 0.15) is 17.1 Å². The number of benzene rings is 1. The highest BCUT2D eigenvalue weighted by atomic mass is 32.2. The number of thioether (sulfide) groups is 1. The first-order valence-corrected chi connectivity index (χ1v) is 10.4. The Morgan fingerprint density at radius 3 is 2.61 bits per heavy atom. The third-order valence-electron chi connectivity index (χ3n) is 4.44. The second kappa shape index (κ2) is 9.47. The largest absolute Gasteiger partial charge is 0.462 e. The standard InChI is InChI=1S/C20H22N6O4S/c1-4-30-19(29)14-10-22-20(24-17(14)21)31-11-15(27)23-16-12(2)25(3)26(18(16)28)13-8-6-5-7-9-13/h5-10H,4,11H2,1-3H3,(H,23,27)(H2,21,22,24). The van der Waals surface area contributed by atoms with Crippen molar-refractivity contribution in [2.24, 2.45) is 7.05 Å². The van der Waals surface area contributed by atoms with Crippen molar-refractivity contribution in [3.63, 3.8) is 0 Å². The molecule has 0 fully saturated rings. The number of ether oxygens (including phenoxy) is 1. The van der Waals surface area contributed by atoms with Crippen molar-refractivity contribution >= 4 is 35.1 Å². The lowest BCUT2D eigenvalue weighted by Gasteiger charge is -2.07. The molecule has 1 amide bonds. The van der Waals surface area contributed by atoms with Crippen LogP contribution < -0.4 is 16.6 Å². The second-order valence-electron chi connectivity index (χ2n) is 6.45. The van der Waals surface area contributed by atoms with E-state index in [-0.39, 0.29) is 40.1 Å². The smallest absolute Gasteiger partial charge is 0.343 e. The van der Waals surface area contributed by atoms with Crippen molar-refractivity contribution < 1.29 is 14.3 Å². The molecule has 1 aromatic carbocycles. The van der Waals surface area contributed by atoms with Crippen LogP contribution in [-0.4, -0.2) is 43.6 Å². The predicted molar refractivity (Wildman–Crippen MR) is 118 cm³/mol. The Bertz CT molecular complexity index is 1170. The molecule has 2 heterocycles. The van der Waals surface area contributed by atoms with Crippen LogP contribution >= 0.6 is 11.8 Å². The Kier molecular flexibility index (Phi) is 6.75. The first-order valence-electron chi connectivity index (χ1n) is 9.39. The highest BCUT2D eigenvalue weighted by Gasteiger charge is 2.19. The molecule has 31 heavy (non-hydrogen) atoms. The minimum atomic E-state index is -0.608. The Morgan fingerprint density at radius 2 is 1.97 bits per heavy atom. The summed E-state index contributed by atoms with van der Waals surface area (Å²) in [7, 11) is 1.75. The summed E-state index contributed by atoms with van der Waals surface area (Å²) in [4.78, 5) is 45.1. The minimum absolute atomic E-state index is 0.0268. The van der Waals surface area contributed by atoms with E-state index in [1.807, 2.05) is 30.3 Å². The van der Waals surface area contributed by atoms with Gasteiger partial charge >= 0.3 is 5.97 Å². The Hall–Kier alpha value is -3.60. The van der Waals surface area contributed by atoms with Crippen LogP contribution in [0, 0.1) is 6.92 Å². The summed E-state index contributed by atoms with van der Waals surface area (Å²) in [5.41, 5.74) is 7.04. The number of carbonyl (C=O) groups excluding carboxylic acids is 2. The van der Waals surface area contributed by atoms with Crippen LogP contribution in [0.15, 0.2) is 46.5 Å². The van der Waals surface area contributed by atoms with Crippen LogP contribution in [0.3, 0.4) is 0 Å². The quantitative estimate of drug-likeness (QED) is 0.321. The van der Waals surface area contributed by atoms with E-state index in [9.17, 15) is 14.4 Å². The average Bonchev–Trinajstić information content (AvgIpc) is 2.96. The second-order valence-corrected chi connectivity index (χ2v) is 7.39. The first kappa shape index (κ1) is 22.1. The molecule has 0 saturated heterocycles. The molecule has 10 nitrogen and oxygen atoms in total. The third kappa shape index (κ3) is 4.77. The van der Waals surface area contributed by atoms with Gasteiger partial charge in [0.15, 0.2) is 5.16 Å². The van der Waals surface area contributed by atoms with E-state index in [0.29, 0.717) is 11.4 Å². The van der Waals surface area contributed by atoms with Crippen molar-refractivity contribution in [3.05, 3.63) is 58.1 Å². The van der Waals surface area contributed by atoms with Crippen LogP contribution in [0.1, 0.15) is 23.0 Å². The number of nitrogens with two attached hydrogens (primary N) is 1. The molecular formula is C20H22N6O4S. The first-order chi connectivity index (χ1) is 14.8. The number of nitrogen functional groups attached to an aromatic ring is 1. The van der Waals surface area contributed by atoms with E-state index < -0.39 is 11.9 Å². The topological polar surface area (TPSA) is 134 Å². The van der Waals surface area contributed by atoms with Gasteiger partial charge in [0, 0.05) is 13.2 Å². The fourth-order valence-corrected chi connectivity index (χ4v) is 3.45. The maximum atomic E-state index is 12.9. The fourth-order valence-electron chi connectivity index (χ4n) is 2.83. The number of aromatic nitrogens is 4. The molecule has 3 aromatic rings. The van der Waals surface area contributed by atoms with Gasteiger partial charge in [-0.25, -0.2) is 19.4 Å². The summed E-state index contributed by atoms with van der Waals surface area (Å²) in [5, 5.41) is 2.89. The number of nitrogens with one attached hydrogen (secondary N) is 1. The van der Waals surface area contributed by atoms with E-state index in [2.05, 4.69) is 15.3 Å². The lowest BCUT2D eigenvalue weighted by molar-refractivity contribution is -0.113. The Labute approximate surface area is 182 Å². The summed E-state index contributed by atoms with van der Waals surface area (Å²) in [5.74, 6) is -1.07. The molecule has 3 N–H and O–H groups in total. The van der Waals surface area contributed by atoms with Gasteiger partial charge in [-0.2, -0.15) is 0 Å². The molecule has 3 rings (SSSR count). The molecule has 2 aromatic heterocycles. The summed E-state index contributed by atoms with van der Waals surface area (Å²) >= 11 is 1.03. The molecular weight excluding hydrogens is 420 g/mol. The third-order valence-corrected chi connectivity index (χ3v) is 5.30. The lowest BCUT2D eigenvalue weighted by atomic mass is 10.3. The van der Waals surface area contributed by atoms with Gasteiger partial charge < -0.3 is 15.8 Å². The van der Waals surface area contributed by atoms with Crippen LogP contribution in [0.25, 0.3) is 5.69 Å². The number of para-hydroxylation sites is 1. The molecule has 162 valence electrons. The Morgan fingerprint density at radius 1 is 1.26 bits per heavy atom. The van der Waals surface area contributed by atoms with Crippen molar-refractivity contribution in [1.29, 1.82) is 0 Å². The van der Waals surface area contributed by atoms with Gasteiger partial charge in [0.2, 0.25) is 5.91 Å². The maximum absolute atomic E-state index is 12.9. The van der Waals surface area contributed by atoms with E-state index in [0.717, 1.165) is 11.8 Å². The normalized spacial score (nSPS) is 10.7. The van der Waals surface area contributed by atoms with E-state index >= 15 is 0 Å². The predicted octanol–water partition coefficient (Wildman–Crippen LogP) is 1.76. The van der Waals surface area contributed by atoms with Crippen LogP contribution in [-0.2, 0) is 16.6 Å². The lowest BCUT2D eigenvalue weighted by Crippen LogP contribution is -2.23. The number of carbonyl (C=O) groups is 2. The molecule has 0 spiro atoms. The molecule has 0 aliphatic heterocycles. The number of esters is 1. The monoisotopic (exact) mass is 442 g/mol. The summed E-state index contributed by atoms with van der Waals surface area (Å²) in [6.07, 6.45) is 1.26. The SMILES string of the molecule is CCOC(=O)c1cnc(SCC(=O)Nc2c(C)n(C)n(-c3ccccc3)c2=O)nc1N. The molecule has 0 radical (unpaired) electrons. The van der Waals surface area contributed by atoms with Crippen LogP contribution in [0.4, 0.5) is 11.5 Å². The molecule has 0 aliphatic carbocycles. The summed E-state index contributed by atoms with van der Waals surface area (Å²) < 4.78 is 8.04.